The molecular weight excluding hydrogens is 384 g/mol. The molecule has 1 aromatic carbocycles. The first-order valence-electron chi connectivity index (χ1n) is 9.01. The number of nitrogens with one attached hydrogen (secondary N) is 1. The number of hydrogen-bond donors (Lipinski definition) is 1. The summed E-state index contributed by atoms with van der Waals surface area (Å²) in [6.07, 6.45) is 0.472. The zero-order valence-corrected chi connectivity index (χ0v) is 17.1. The van der Waals surface area contributed by atoms with E-state index in [-0.39, 0.29) is 11.8 Å². The van der Waals surface area contributed by atoms with Crippen LogP contribution < -0.4 is 9.46 Å². The minimum absolute atomic E-state index is 0.0379. The lowest BCUT2D eigenvalue weighted by Gasteiger charge is -2.34. The van der Waals surface area contributed by atoms with E-state index < -0.39 is 10.0 Å². The highest BCUT2D eigenvalue weighted by Gasteiger charge is 2.24. The Bertz CT molecular complexity index is 786. The third-order valence-electron chi connectivity index (χ3n) is 4.73. The molecule has 148 valence electrons. The minimum Gasteiger partial charge on any atom is -0.497 e. The molecule has 0 radical (unpaired) electrons. The monoisotopic (exact) mass is 410 g/mol. The normalized spacial score (nSPS) is 16.9. The molecule has 0 aliphatic carbocycles. The molecule has 8 heteroatoms. The average molecular weight is 411 g/mol. The van der Waals surface area contributed by atoms with Crippen LogP contribution in [-0.2, 0) is 21.2 Å². The van der Waals surface area contributed by atoms with E-state index in [1.54, 1.807) is 18.4 Å². The Morgan fingerprint density at radius 2 is 1.96 bits per heavy atom. The summed E-state index contributed by atoms with van der Waals surface area (Å²) >= 11 is 1.63. The van der Waals surface area contributed by atoms with Crippen molar-refractivity contribution >= 4 is 21.4 Å². The number of morpholine rings is 1. The quantitative estimate of drug-likeness (QED) is 0.687. The summed E-state index contributed by atoms with van der Waals surface area (Å²) in [5, 5.41) is 4.12. The van der Waals surface area contributed by atoms with E-state index in [2.05, 4.69) is 21.1 Å². The van der Waals surface area contributed by atoms with Gasteiger partial charge in [0.2, 0.25) is 10.0 Å². The van der Waals surface area contributed by atoms with Crippen LogP contribution in [0.2, 0.25) is 0 Å². The van der Waals surface area contributed by atoms with Crippen LogP contribution in [0.15, 0.2) is 41.1 Å². The van der Waals surface area contributed by atoms with Crippen molar-refractivity contribution in [3.63, 3.8) is 0 Å². The number of thiophene rings is 1. The molecule has 0 saturated carbocycles. The van der Waals surface area contributed by atoms with Gasteiger partial charge in [0.1, 0.15) is 5.75 Å². The van der Waals surface area contributed by atoms with Crippen LogP contribution in [0.5, 0.6) is 5.75 Å². The molecule has 0 spiro atoms. The molecule has 1 N–H and O–H groups in total. The summed E-state index contributed by atoms with van der Waals surface area (Å²) in [6.45, 7) is 3.37. The Labute approximate surface area is 165 Å². The first-order chi connectivity index (χ1) is 13.1. The smallest absolute Gasteiger partial charge is 0.211 e. The molecule has 2 heterocycles. The van der Waals surface area contributed by atoms with E-state index in [9.17, 15) is 8.42 Å². The van der Waals surface area contributed by atoms with Gasteiger partial charge < -0.3 is 9.47 Å². The van der Waals surface area contributed by atoms with Crippen molar-refractivity contribution in [2.75, 3.05) is 45.7 Å². The second-order valence-corrected chi connectivity index (χ2v) is 9.19. The lowest BCUT2D eigenvalue weighted by molar-refractivity contribution is 0.0173. The third-order valence-corrected chi connectivity index (χ3v) is 6.78. The van der Waals surface area contributed by atoms with Crippen molar-refractivity contribution < 1.29 is 17.9 Å². The Morgan fingerprint density at radius 1 is 1.22 bits per heavy atom. The Morgan fingerprint density at radius 3 is 2.59 bits per heavy atom. The number of hydrogen-bond acceptors (Lipinski definition) is 6. The summed E-state index contributed by atoms with van der Waals surface area (Å²) in [4.78, 5) is 2.29. The Hall–Kier alpha value is -1.45. The van der Waals surface area contributed by atoms with Crippen LogP contribution >= 0.6 is 11.3 Å². The SMILES string of the molecule is COc1ccc(CCS(=O)(=O)NCC(c2ccsc2)N2CCOCC2)cc1. The second-order valence-electron chi connectivity index (χ2n) is 6.49. The summed E-state index contributed by atoms with van der Waals surface area (Å²) in [5.41, 5.74) is 2.13. The molecule has 1 atom stereocenters. The highest BCUT2D eigenvalue weighted by molar-refractivity contribution is 7.89. The van der Waals surface area contributed by atoms with Crippen molar-refractivity contribution in [3.05, 3.63) is 52.2 Å². The molecule has 3 rings (SSSR count). The van der Waals surface area contributed by atoms with Gasteiger partial charge in [0.25, 0.3) is 0 Å². The number of sulfonamides is 1. The van der Waals surface area contributed by atoms with Crippen LogP contribution in [0.3, 0.4) is 0 Å². The standard InChI is InChI=1S/C19H26N2O4S2/c1-24-18-4-2-16(3-5-18)7-13-27(22,23)20-14-19(17-6-12-26-15-17)21-8-10-25-11-9-21/h2-6,12,15,19-20H,7-11,13-14H2,1H3. The van der Waals surface area contributed by atoms with Crippen LogP contribution in [-0.4, -0.2) is 59.0 Å². The van der Waals surface area contributed by atoms with Crippen molar-refractivity contribution in [1.82, 2.24) is 9.62 Å². The molecule has 0 amide bonds. The van der Waals surface area contributed by atoms with E-state index in [0.717, 1.165) is 30.0 Å². The van der Waals surface area contributed by atoms with Crippen LogP contribution in [0.4, 0.5) is 0 Å². The molecular formula is C19H26N2O4S2. The summed E-state index contributed by atoms with van der Waals surface area (Å²) in [6, 6.07) is 9.60. The van der Waals surface area contributed by atoms with Crippen molar-refractivity contribution in [2.24, 2.45) is 0 Å². The molecule has 2 aromatic rings. The van der Waals surface area contributed by atoms with Gasteiger partial charge in [0.15, 0.2) is 0 Å². The van der Waals surface area contributed by atoms with E-state index in [1.165, 1.54) is 0 Å². The fourth-order valence-electron chi connectivity index (χ4n) is 3.13. The summed E-state index contributed by atoms with van der Waals surface area (Å²) in [5.74, 6) is 0.836. The maximum Gasteiger partial charge on any atom is 0.211 e. The van der Waals surface area contributed by atoms with Crippen LogP contribution in [0.25, 0.3) is 0 Å². The number of methoxy groups -OCH3 is 1. The van der Waals surface area contributed by atoms with E-state index in [1.807, 2.05) is 29.6 Å². The van der Waals surface area contributed by atoms with Gasteiger partial charge in [0.05, 0.1) is 26.1 Å². The van der Waals surface area contributed by atoms with E-state index in [4.69, 9.17) is 9.47 Å². The number of aryl methyl sites for hydroxylation is 1. The van der Waals surface area contributed by atoms with Crippen LogP contribution in [0.1, 0.15) is 17.2 Å². The van der Waals surface area contributed by atoms with E-state index >= 15 is 0 Å². The molecule has 1 aromatic heterocycles. The average Bonchev–Trinajstić information content (AvgIpc) is 3.22. The molecule has 1 fully saturated rings. The predicted molar refractivity (Wildman–Crippen MR) is 108 cm³/mol. The van der Waals surface area contributed by atoms with E-state index in [0.29, 0.717) is 26.2 Å². The zero-order valence-electron chi connectivity index (χ0n) is 15.5. The molecule has 1 aliphatic rings. The van der Waals surface area contributed by atoms with Gasteiger partial charge >= 0.3 is 0 Å². The number of ether oxygens (including phenoxy) is 2. The van der Waals surface area contributed by atoms with Gasteiger partial charge in [-0.2, -0.15) is 11.3 Å². The molecule has 27 heavy (non-hydrogen) atoms. The fourth-order valence-corrected chi connectivity index (χ4v) is 4.90. The second kappa shape index (κ2) is 9.66. The maximum absolute atomic E-state index is 12.5. The highest BCUT2D eigenvalue weighted by atomic mass is 32.2. The van der Waals surface area contributed by atoms with Gasteiger partial charge in [0, 0.05) is 25.7 Å². The highest BCUT2D eigenvalue weighted by Crippen LogP contribution is 2.23. The zero-order chi connectivity index (χ0) is 19.1. The topological polar surface area (TPSA) is 67.9 Å². The summed E-state index contributed by atoms with van der Waals surface area (Å²) < 4.78 is 38.4. The molecule has 0 bridgehead atoms. The lowest BCUT2D eigenvalue weighted by Crippen LogP contribution is -2.44. The van der Waals surface area contributed by atoms with Gasteiger partial charge in [-0.15, -0.1) is 0 Å². The van der Waals surface area contributed by atoms with Gasteiger partial charge in [-0.05, 0) is 46.5 Å². The Kier molecular flexibility index (Phi) is 7.26. The lowest BCUT2D eigenvalue weighted by atomic mass is 10.1. The van der Waals surface area contributed by atoms with Crippen LogP contribution in [0, 0.1) is 0 Å². The van der Waals surface area contributed by atoms with Gasteiger partial charge in [-0.1, -0.05) is 12.1 Å². The molecule has 1 saturated heterocycles. The fraction of sp³-hybridized carbons (Fsp3) is 0.474. The minimum atomic E-state index is -3.36. The molecule has 1 aliphatic heterocycles. The van der Waals surface area contributed by atoms with Crippen molar-refractivity contribution in [3.8, 4) is 5.75 Å². The Balaban J connectivity index is 1.57. The molecule has 1 unspecified atom stereocenters. The number of nitrogens with zero attached hydrogens (tertiary/aromatic N) is 1. The first-order valence-corrected chi connectivity index (χ1v) is 11.6. The van der Waals surface area contributed by atoms with Gasteiger partial charge in [-0.3, -0.25) is 4.90 Å². The number of rotatable bonds is 9. The van der Waals surface area contributed by atoms with Crippen molar-refractivity contribution in [2.45, 2.75) is 12.5 Å². The largest absolute Gasteiger partial charge is 0.497 e. The molecule has 6 nitrogen and oxygen atoms in total. The predicted octanol–water partition coefficient (Wildman–Crippen LogP) is 2.29. The third kappa shape index (κ3) is 6.02. The summed E-state index contributed by atoms with van der Waals surface area (Å²) in [7, 11) is -1.74. The van der Waals surface area contributed by atoms with Gasteiger partial charge in [-0.25, -0.2) is 13.1 Å². The van der Waals surface area contributed by atoms with Crippen molar-refractivity contribution in [1.29, 1.82) is 0 Å². The maximum atomic E-state index is 12.5. The first kappa shape index (κ1) is 20.3. The number of benzene rings is 1.